The average molecular weight is 306 g/mol. The van der Waals surface area contributed by atoms with Crippen LogP contribution in [0.5, 0.6) is 0 Å². The van der Waals surface area contributed by atoms with Crippen molar-refractivity contribution in [2.24, 2.45) is 0 Å². The summed E-state index contributed by atoms with van der Waals surface area (Å²) >= 11 is 0. The molecule has 0 saturated heterocycles. The lowest BCUT2D eigenvalue weighted by molar-refractivity contribution is -0.136. The van der Waals surface area contributed by atoms with E-state index < -0.39 is 5.97 Å². The molecule has 0 radical (unpaired) electrons. The Kier molecular flexibility index (Phi) is 3.98. The van der Waals surface area contributed by atoms with Gasteiger partial charge in [0.25, 0.3) is 0 Å². The number of pyridine rings is 1. The highest BCUT2D eigenvalue weighted by Crippen LogP contribution is 2.21. The third-order valence-corrected chi connectivity index (χ3v) is 3.84. The monoisotopic (exact) mass is 306 g/mol. The number of aliphatic carboxylic acids is 1. The lowest BCUT2D eigenvalue weighted by Crippen LogP contribution is -2.02. The van der Waals surface area contributed by atoms with Gasteiger partial charge in [0.15, 0.2) is 0 Å². The Morgan fingerprint density at radius 1 is 1.00 bits per heavy atom. The number of carbonyl (C=O) groups is 1. The first-order chi connectivity index (χ1) is 11.0. The van der Waals surface area contributed by atoms with Crippen LogP contribution in [-0.4, -0.2) is 20.6 Å². The molecule has 0 atom stereocenters. The maximum absolute atomic E-state index is 10.7. The fraction of sp³-hybridized carbons (Fsp3) is 0.158. The minimum atomic E-state index is -0.823. The van der Waals surface area contributed by atoms with Crippen molar-refractivity contribution in [2.75, 3.05) is 0 Å². The number of carboxylic acid groups (broad SMARTS) is 1. The molecule has 0 aliphatic heterocycles. The molecule has 0 unspecified atom stereocenters. The lowest BCUT2D eigenvalue weighted by atomic mass is 10.1. The van der Waals surface area contributed by atoms with E-state index in [1.165, 1.54) is 0 Å². The topological polar surface area (TPSA) is 55.1 Å². The summed E-state index contributed by atoms with van der Waals surface area (Å²) in [6.45, 7) is 4.12. The first-order valence-corrected chi connectivity index (χ1v) is 7.48. The van der Waals surface area contributed by atoms with Gasteiger partial charge < -0.3 is 9.67 Å². The van der Waals surface area contributed by atoms with Crippen LogP contribution in [0.1, 0.15) is 17.0 Å². The van der Waals surface area contributed by atoms with Gasteiger partial charge in [-0.3, -0.25) is 4.79 Å². The number of hydrogen-bond donors (Lipinski definition) is 1. The first kappa shape index (κ1) is 15.0. The highest BCUT2D eigenvalue weighted by molar-refractivity contribution is 5.71. The predicted octanol–water partition coefficient (Wildman–Crippen LogP) is 3.78. The van der Waals surface area contributed by atoms with Gasteiger partial charge in [-0.15, -0.1) is 0 Å². The van der Waals surface area contributed by atoms with Gasteiger partial charge in [-0.1, -0.05) is 30.3 Å². The molecule has 0 aliphatic carbocycles. The zero-order valence-electron chi connectivity index (χ0n) is 13.2. The maximum Gasteiger partial charge on any atom is 0.307 e. The normalized spacial score (nSPS) is 10.7. The molecule has 4 nitrogen and oxygen atoms in total. The van der Waals surface area contributed by atoms with Crippen molar-refractivity contribution >= 4 is 5.97 Å². The van der Waals surface area contributed by atoms with E-state index in [9.17, 15) is 4.79 Å². The first-order valence-electron chi connectivity index (χ1n) is 7.48. The van der Waals surface area contributed by atoms with Crippen LogP contribution < -0.4 is 0 Å². The third kappa shape index (κ3) is 3.16. The standard InChI is InChI=1S/C19H18N2O2/c1-13-6-7-14(2)21(13)18-5-3-4-17(20-18)16-10-8-15(9-11-16)12-19(22)23/h3-11H,12H2,1-2H3,(H,22,23). The number of nitrogens with zero attached hydrogens (tertiary/aromatic N) is 2. The van der Waals surface area contributed by atoms with E-state index in [0.717, 1.165) is 34.0 Å². The molecule has 1 N–H and O–H groups in total. The number of carboxylic acids is 1. The van der Waals surface area contributed by atoms with Crippen LogP contribution in [0.4, 0.5) is 0 Å². The SMILES string of the molecule is Cc1ccc(C)n1-c1cccc(-c2ccc(CC(=O)O)cc2)n1. The Hall–Kier alpha value is -2.88. The minimum Gasteiger partial charge on any atom is -0.481 e. The second kappa shape index (κ2) is 6.08. The summed E-state index contributed by atoms with van der Waals surface area (Å²) in [5, 5.41) is 8.83. The zero-order chi connectivity index (χ0) is 16.4. The van der Waals surface area contributed by atoms with Crippen LogP contribution in [0, 0.1) is 13.8 Å². The molecule has 1 aromatic carbocycles. The predicted molar refractivity (Wildman–Crippen MR) is 89.8 cm³/mol. The van der Waals surface area contributed by atoms with Crippen molar-refractivity contribution < 1.29 is 9.90 Å². The van der Waals surface area contributed by atoms with E-state index in [0.29, 0.717) is 0 Å². The molecule has 0 saturated carbocycles. The zero-order valence-corrected chi connectivity index (χ0v) is 13.2. The second-order valence-electron chi connectivity index (χ2n) is 5.60. The molecule has 2 aromatic heterocycles. The molecule has 0 bridgehead atoms. The summed E-state index contributed by atoms with van der Waals surface area (Å²) in [5.41, 5.74) is 4.92. The molecule has 3 rings (SSSR count). The van der Waals surface area contributed by atoms with Gasteiger partial charge in [0, 0.05) is 17.0 Å². The van der Waals surface area contributed by atoms with Gasteiger partial charge in [0.2, 0.25) is 0 Å². The Balaban J connectivity index is 1.95. The van der Waals surface area contributed by atoms with Crippen molar-refractivity contribution in [3.63, 3.8) is 0 Å². The van der Waals surface area contributed by atoms with Crippen molar-refractivity contribution in [3.05, 3.63) is 71.5 Å². The molecular weight excluding hydrogens is 288 g/mol. The van der Waals surface area contributed by atoms with E-state index >= 15 is 0 Å². The quantitative estimate of drug-likeness (QED) is 0.798. The molecule has 3 aromatic rings. The summed E-state index contributed by atoms with van der Waals surface area (Å²) in [6, 6.07) is 17.6. The summed E-state index contributed by atoms with van der Waals surface area (Å²) in [7, 11) is 0. The number of benzene rings is 1. The summed E-state index contributed by atoms with van der Waals surface area (Å²) in [5.74, 6) is 0.0635. The van der Waals surface area contributed by atoms with Gasteiger partial charge in [0.1, 0.15) is 5.82 Å². The van der Waals surface area contributed by atoms with Crippen LogP contribution in [0.2, 0.25) is 0 Å². The van der Waals surface area contributed by atoms with Crippen LogP contribution in [0.15, 0.2) is 54.6 Å². The molecule has 0 aliphatic rings. The van der Waals surface area contributed by atoms with E-state index in [4.69, 9.17) is 10.1 Å². The number of hydrogen-bond acceptors (Lipinski definition) is 2. The largest absolute Gasteiger partial charge is 0.481 e. The van der Waals surface area contributed by atoms with Crippen molar-refractivity contribution in [3.8, 4) is 17.1 Å². The van der Waals surface area contributed by atoms with Gasteiger partial charge in [-0.25, -0.2) is 4.98 Å². The van der Waals surface area contributed by atoms with Crippen LogP contribution >= 0.6 is 0 Å². The number of aryl methyl sites for hydroxylation is 2. The number of aromatic nitrogens is 2. The van der Waals surface area contributed by atoms with E-state index in [1.54, 1.807) is 0 Å². The second-order valence-corrected chi connectivity index (χ2v) is 5.60. The highest BCUT2D eigenvalue weighted by Gasteiger charge is 2.07. The maximum atomic E-state index is 10.7. The molecule has 0 spiro atoms. The molecule has 2 heterocycles. The van der Waals surface area contributed by atoms with Gasteiger partial charge in [-0.2, -0.15) is 0 Å². The van der Waals surface area contributed by atoms with Gasteiger partial charge in [-0.05, 0) is 43.7 Å². The van der Waals surface area contributed by atoms with E-state index in [2.05, 4.69) is 30.5 Å². The fourth-order valence-corrected chi connectivity index (χ4v) is 2.71. The molecule has 23 heavy (non-hydrogen) atoms. The van der Waals surface area contributed by atoms with Crippen LogP contribution in [-0.2, 0) is 11.2 Å². The molecule has 116 valence electrons. The average Bonchev–Trinajstić information content (AvgIpc) is 2.86. The van der Waals surface area contributed by atoms with E-state index in [-0.39, 0.29) is 6.42 Å². The van der Waals surface area contributed by atoms with Gasteiger partial charge in [0.05, 0.1) is 12.1 Å². The van der Waals surface area contributed by atoms with Gasteiger partial charge >= 0.3 is 5.97 Å². The Labute approximate surface area is 135 Å². The molecule has 0 amide bonds. The highest BCUT2D eigenvalue weighted by atomic mass is 16.4. The third-order valence-electron chi connectivity index (χ3n) is 3.84. The van der Waals surface area contributed by atoms with Crippen LogP contribution in [0.25, 0.3) is 17.1 Å². The van der Waals surface area contributed by atoms with Crippen molar-refractivity contribution in [1.82, 2.24) is 9.55 Å². The Morgan fingerprint density at radius 2 is 1.65 bits per heavy atom. The summed E-state index contributed by atoms with van der Waals surface area (Å²) in [4.78, 5) is 15.5. The lowest BCUT2D eigenvalue weighted by Gasteiger charge is -2.10. The molecule has 0 fully saturated rings. The molecule has 4 heteroatoms. The van der Waals surface area contributed by atoms with Crippen molar-refractivity contribution in [1.29, 1.82) is 0 Å². The minimum absolute atomic E-state index is 0.0372. The fourth-order valence-electron chi connectivity index (χ4n) is 2.71. The Bertz CT molecular complexity index is 829. The summed E-state index contributed by atoms with van der Waals surface area (Å²) in [6.07, 6.45) is 0.0372. The smallest absolute Gasteiger partial charge is 0.307 e. The number of rotatable bonds is 4. The summed E-state index contributed by atoms with van der Waals surface area (Å²) < 4.78 is 2.11. The van der Waals surface area contributed by atoms with Crippen LogP contribution in [0.3, 0.4) is 0 Å². The van der Waals surface area contributed by atoms with Crippen molar-refractivity contribution in [2.45, 2.75) is 20.3 Å². The molecular formula is C19H18N2O2. The van der Waals surface area contributed by atoms with E-state index in [1.807, 2.05) is 42.5 Å². The Morgan fingerprint density at radius 3 is 2.26 bits per heavy atom.